The number of rotatable bonds is 2. The van der Waals surface area contributed by atoms with Gasteiger partial charge in [0.1, 0.15) is 0 Å². The quantitative estimate of drug-likeness (QED) is 0.257. The summed E-state index contributed by atoms with van der Waals surface area (Å²) in [7, 11) is 2.22. The van der Waals surface area contributed by atoms with Gasteiger partial charge in [0.15, 0.2) is 0 Å². The van der Waals surface area contributed by atoms with Crippen molar-refractivity contribution in [1.29, 1.82) is 0 Å². The molecule has 0 aliphatic carbocycles. The standard InChI is InChI=1S/C26H28GeN.B.Y/c1-20-17-22(21-9-5-3-6-10-21)11-12-24(20)26-18-25-23(19-28(26)2)13-16-27(25)14-7-4-8-15-27;;/h3,5-6,9,12,17-19H,4,7-8,13-16H2,1-2H3;;/q-1;;. The fraction of sp³-hybridized carbons (Fsp3) is 0.346. The van der Waals surface area contributed by atoms with Crippen LogP contribution >= 0.6 is 0 Å². The SMILES string of the molecule is Cc1cc(-c2[c-]cccc2)[c-]cc1-c1c[c]2c(c[n+]1C)C[CH2][Ge]21[CH2]CCC[CH2]1.[B].[Y]. The second kappa shape index (κ2) is 9.84. The molecule has 5 rings (SSSR count). The summed E-state index contributed by atoms with van der Waals surface area (Å²) in [5.41, 5.74) is 7.92. The molecule has 1 fully saturated rings. The van der Waals surface area contributed by atoms with Crippen molar-refractivity contribution in [2.75, 3.05) is 0 Å². The Hall–Kier alpha value is -0.698. The molecule has 3 aromatic rings. The van der Waals surface area contributed by atoms with Crippen LogP contribution in [0.1, 0.15) is 30.4 Å². The van der Waals surface area contributed by atoms with E-state index < -0.39 is 13.3 Å². The minimum absolute atomic E-state index is 0. The first-order chi connectivity index (χ1) is 13.7. The summed E-state index contributed by atoms with van der Waals surface area (Å²) >= 11 is -1.83. The Labute approximate surface area is 211 Å². The molecule has 0 bridgehead atoms. The molecule has 4 heteroatoms. The van der Waals surface area contributed by atoms with Crippen molar-refractivity contribution in [2.45, 2.75) is 48.4 Å². The van der Waals surface area contributed by atoms with E-state index in [0.29, 0.717) is 0 Å². The van der Waals surface area contributed by atoms with Crippen LogP contribution in [0.25, 0.3) is 22.4 Å². The van der Waals surface area contributed by atoms with Gasteiger partial charge in [-0.3, -0.25) is 0 Å². The first-order valence-corrected chi connectivity index (χ1v) is 16.2. The maximum absolute atomic E-state index is 3.53. The molecule has 0 saturated carbocycles. The van der Waals surface area contributed by atoms with E-state index in [1.54, 1.807) is 16.1 Å². The van der Waals surface area contributed by atoms with Crippen molar-refractivity contribution >= 4 is 26.1 Å². The third-order valence-corrected chi connectivity index (χ3v) is 18.5. The number of hydrogen-bond acceptors (Lipinski definition) is 0. The van der Waals surface area contributed by atoms with Gasteiger partial charge in [-0.15, -0.1) is 0 Å². The third-order valence-electron chi connectivity index (χ3n) is 7.04. The summed E-state index contributed by atoms with van der Waals surface area (Å²) < 4.78 is 4.18. The summed E-state index contributed by atoms with van der Waals surface area (Å²) in [5.74, 6) is 0. The monoisotopic (exact) mass is 528 g/mol. The van der Waals surface area contributed by atoms with Crippen LogP contribution < -0.4 is 8.96 Å². The topological polar surface area (TPSA) is 3.88 Å². The van der Waals surface area contributed by atoms with E-state index in [1.807, 2.05) is 16.5 Å². The fourth-order valence-electron chi connectivity index (χ4n) is 5.51. The number of pyridine rings is 1. The molecular weight excluding hydrogens is 499 g/mol. The van der Waals surface area contributed by atoms with E-state index in [4.69, 9.17) is 0 Å². The van der Waals surface area contributed by atoms with E-state index in [9.17, 15) is 0 Å². The van der Waals surface area contributed by atoms with Crippen molar-refractivity contribution < 1.29 is 37.3 Å². The van der Waals surface area contributed by atoms with E-state index in [2.05, 4.69) is 67.2 Å². The molecule has 2 aliphatic heterocycles. The Morgan fingerprint density at radius 3 is 2.47 bits per heavy atom. The summed E-state index contributed by atoms with van der Waals surface area (Å²) in [6.07, 6.45) is 8.19. The van der Waals surface area contributed by atoms with E-state index in [1.165, 1.54) is 47.8 Å². The van der Waals surface area contributed by atoms with Crippen molar-refractivity contribution in [3.63, 3.8) is 0 Å². The molecule has 0 N–H and O–H groups in total. The Morgan fingerprint density at radius 2 is 1.77 bits per heavy atom. The minimum atomic E-state index is -1.83. The molecule has 1 spiro atoms. The summed E-state index contributed by atoms with van der Waals surface area (Å²) in [4.78, 5) is 0. The van der Waals surface area contributed by atoms with Crippen LogP contribution in [0.5, 0.6) is 0 Å². The van der Waals surface area contributed by atoms with Gasteiger partial charge in [-0.1, -0.05) is 0 Å². The van der Waals surface area contributed by atoms with Crippen molar-refractivity contribution in [2.24, 2.45) is 7.05 Å². The molecule has 0 atom stereocenters. The fourth-order valence-corrected chi connectivity index (χ4v) is 17.0. The number of nitrogens with zero attached hydrogens (tertiary/aromatic N) is 1. The molecule has 1 nitrogen and oxygen atoms in total. The second-order valence-electron chi connectivity index (χ2n) is 8.77. The predicted molar refractivity (Wildman–Crippen MR) is 124 cm³/mol. The van der Waals surface area contributed by atoms with Gasteiger partial charge in [-0.25, -0.2) is 0 Å². The zero-order valence-electron chi connectivity index (χ0n) is 18.2. The van der Waals surface area contributed by atoms with Crippen LogP contribution in [0.3, 0.4) is 0 Å². The Balaban J connectivity index is 0.00000128. The molecule has 0 amide bonds. The maximum atomic E-state index is 3.53. The van der Waals surface area contributed by atoms with Gasteiger partial charge in [0, 0.05) is 41.1 Å². The summed E-state index contributed by atoms with van der Waals surface area (Å²) in [6.45, 7) is 2.24. The van der Waals surface area contributed by atoms with Crippen LogP contribution in [0.4, 0.5) is 0 Å². The van der Waals surface area contributed by atoms with Gasteiger partial charge in [0.2, 0.25) is 0 Å². The molecule has 2 aromatic carbocycles. The number of benzene rings is 2. The Bertz CT molecular complexity index is 1030. The third kappa shape index (κ3) is 4.30. The summed E-state index contributed by atoms with van der Waals surface area (Å²) in [6, 6.07) is 22.1. The van der Waals surface area contributed by atoms with E-state index >= 15 is 0 Å². The first-order valence-electron chi connectivity index (χ1n) is 10.7. The molecule has 3 heterocycles. The number of aromatic nitrogens is 1. The number of fused-ring (bicyclic) bond motifs is 2. The van der Waals surface area contributed by atoms with Gasteiger partial charge in [-0.05, 0) is 0 Å². The van der Waals surface area contributed by atoms with Crippen LogP contribution in [-0.2, 0) is 46.2 Å². The molecular formula is C26H28BGeNY-. The van der Waals surface area contributed by atoms with E-state index in [-0.39, 0.29) is 41.1 Å². The van der Waals surface area contributed by atoms with Gasteiger partial charge >= 0.3 is 172 Å². The largest absolute Gasteiger partial charge is 0 e. The zero-order valence-corrected chi connectivity index (χ0v) is 23.1. The first kappa shape index (κ1) is 24.0. The Morgan fingerprint density at radius 1 is 0.967 bits per heavy atom. The smallest absolute Gasteiger partial charge is 0 e. The van der Waals surface area contributed by atoms with Crippen molar-refractivity contribution in [1.82, 2.24) is 0 Å². The van der Waals surface area contributed by atoms with Crippen molar-refractivity contribution in [3.8, 4) is 22.4 Å². The average molecular weight is 527 g/mol. The molecule has 2 aliphatic rings. The molecule has 148 valence electrons. The van der Waals surface area contributed by atoms with Gasteiger partial charge < -0.3 is 0 Å². The van der Waals surface area contributed by atoms with Gasteiger partial charge in [-0.2, -0.15) is 0 Å². The summed E-state index contributed by atoms with van der Waals surface area (Å²) in [5, 5.41) is 4.66. The van der Waals surface area contributed by atoms with Crippen LogP contribution in [0, 0.1) is 19.1 Å². The molecule has 30 heavy (non-hydrogen) atoms. The minimum Gasteiger partial charge on any atom is 0 e. The molecule has 1 aromatic heterocycles. The number of aryl methyl sites for hydroxylation is 3. The van der Waals surface area contributed by atoms with Gasteiger partial charge in [0.05, 0.1) is 0 Å². The van der Waals surface area contributed by atoms with Crippen LogP contribution in [-0.4, -0.2) is 21.7 Å². The predicted octanol–water partition coefficient (Wildman–Crippen LogP) is 4.77. The normalized spacial score (nSPS) is 16.5. The zero-order chi connectivity index (χ0) is 19.1. The van der Waals surface area contributed by atoms with Crippen molar-refractivity contribution in [3.05, 3.63) is 71.9 Å². The average Bonchev–Trinajstić information content (AvgIpc) is 3.05. The molecule has 1 saturated heterocycles. The molecule has 4 radical (unpaired) electrons. The van der Waals surface area contributed by atoms with Crippen LogP contribution in [0.15, 0.2) is 48.7 Å². The van der Waals surface area contributed by atoms with Crippen LogP contribution in [0.2, 0.25) is 15.8 Å². The number of hydrogen-bond donors (Lipinski definition) is 0. The van der Waals surface area contributed by atoms with E-state index in [0.717, 1.165) is 11.1 Å². The van der Waals surface area contributed by atoms with Gasteiger partial charge in [0.25, 0.3) is 0 Å². The molecule has 0 unspecified atom stereocenters. The Kier molecular flexibility index (Phi) is 7.86. The maximum Gasteiger partial charge on any atom is 0 e. The second-order valence-corrected chi connectivity index (χ2v) is 18.4.